The SMILES string of the molecule is CCOC(=O)c1ncn2c1CN(CCOCCOCCOCCOCCOCCOCc1cn(CCOCCOCCC(=O)NCc3ccc(C(=O)NCCOCCc4ccc(CCCCl)cc4OC)cc3)nn1)C(=O)c1cc(F)ccc1-2. The highest BCUT2D eigenvalue weighted by molar-refractivity contribution is 6.17. The number of carbonyl (C=O) groups excluding carboxylic acids is 4. The van der Waals surface area contributed by atoms with E-state index in [1.165, 1.54) is 35.0 Å². The molecule has 6 rings (SSSR count). The number of hydrogen-bond donors (Lipinski definition) is 2. The maximum Gasteiger partial charge on any atom is 0.358 e. The third-order valence-corrected chi connectivity index (χ3v) is 12.9. The van der Waals surface area contributed by atoms with E-state index in [0.29, 0.717) is 154 Å². The van der Waals surface area contributed by atoms with Crippen molar-refractivity contribution in [2.45, 2.75) is 58.8 Å². The number of aryl methyl sites for hydroxylation is 1. The highest BCUT2D eigenvalue weighted by Crippen LogP contribution is 2.28. The van der Waals surface area contributed by atoms with Gasteiger partial charge in [-0.2, -0.15) is 0 Å². The van der Waals surface area contributed by atoms with Crippen LogP contribution in [0.2, 0.25) is 0 Å². The standard InChI is InChI=1S/C58H78ClFN8O15/c1-3-83-58(72)55-52-41-66(57(71)50-38-48(60)12-13-51(50)68(52)43-63-55)18-23-76-27-28-78-29-30-79-31-32-80-33-34-81-35-36-82-42-49-40-67(65-64-49)19-24-77-26-25-75-21-15-54(69)62-39-45-7-10-47(11-8-45)56(70)61-17-22-74-20-14-46-9-6-44(5-4-16-59)37-53(46)73-2/h6-13,37-38,40,43H,3-5,14-36,39,41-42H2,1-2H3,(H,61,70)(H,62,69). The Hall–Kier alpha value is -6.45. The molecule has 0 aliphatic carbocycles. The van der Waals surface area contributed by atoms with Crippen LogP contribution >= 0.6 is 11.6 Å². The van der Waals surface area contributed by atoms with Gasteiger partial charge in [0.05, 0.1) is 169 Å². The lowest BCUT2D eigenvalue weighted by atomic mass is 10.0. The molecule has 1 aliphatic heterocycles. The minimum absolute atomic E-state index is 0.0617. The van der Waals surface area contributed by atoms with Crippen LogP contribution in [0.25, 0.3) is 5.69 Å². The molecule has 2 N–H and O–H groups in total. The van der Waals surface area contributed by atoms with Crippen molar-refractivity contribution in [3.05, 3.63) is 124 Å². The summed E-state index contributed by atoms with van der Waals surface area (Å²) >= 11 is 5.82. The Balaban J connectivity index is 0.666. The molecule has 0 bridgehead atoms. The molecule has 2 aromatic heterocycles. The van der Waals surface area contributed by atoms with Crippen LogP contribution < -0.4 is 15.4 Å². The number of methoxy groups -OCH3 is 1. The van der Waals surface area contributed by atoms with Crippen LogP contribution in [0.15, 0.2) is 73.2 Å². The van der Waals surface area contributed by atoms with E-state index in [0.717, 1.165) is 29.7 Å². The van der Waals surface area contributed by atoms with Crippen molar-refractivity contribution in [3.8, 4) is 11.4 Å². The second kappa shape index (κ2) is 38.4. The molecule has 0 unspecified atom stereocenters. The number of amides is 3. The molecule has 3 amide bonds. The molecule has 0 saturated carbocycles. The highest BCUT2D eigenvalue weighted by atomic mass is 35.5. The lowest BCUT2D eigenvalue weighted by Gasteiger charge is -2.21. The molecule has 3 aromatic carbocycles. The zero-order chi connectivity index (χ0) is 58.7. The summed E-state index contributed by atoms with van der Waals surface area (Å²) < 4.78 is 78.8. The van der Waals surface area contributed by atoms with Crippen molar-refractivity contribution >= 4 is 35.3 Å². The first kappa shape index (κ1) is 65.7. The minimum atomic E-state index is -0.598. The molecule has 1 aliphatic rings. The third-order valence-electron chi connectivity index (χ3n) is 12.6. The molecule has 5 aromatic rings. The Kier molecular flexibility index (Phi) is 30.4. The molecule has 3 heterocycles. The average Bonchev–Trinajstić information content (AvgIpc) is 4.03. The number of aromatic nitrogens is 5. The zero-order valence-corrected chi connectivity index (χ0v) is 48.3. The van der Waals surface area contributed by atoms with Gasteiger partial charge in [-0.25, -0.2) is 18.9 Å². The summed E-state index contributed by atoms with van der Waals surface area (Å²) in [5.41, 5.74) is 5.49. The second-order valence-corrected chi connectivity index (χ2v) is 19.0. The summed E-state index contributed by atoms with van der Waals surface area (Å²) in [6.07, 6.45) is 5.97. The minimum Gasteiger partial charge on any atom is -0.496 e. The number of rotatable bonds is 44. The highest BCUT2D eigenvalue weighted by Gasteiger charge is 2.31. The molecule has 0 atom stereocenters. The van der Waals surface area contributed by atoms with Gasteiger partial charge in [0, 0.05) is 37.5 Å². The number of alkyl halides is 1. The smallest absolute Gasteiger partial charge is 0.358 e. The van der Waals surface area contributed by atoms with Crippen molar-refractivity contribution in [2.24, 2.45) is 0 Å². The number of hydrogen-bond acceptors (Lipinski definition) is 18. The lowest BCUT2D eigenvalue weighted by Crippen LogP contribution is -2.33. The second-order valence-electron chi connectivity index (χ2n) is 18.6. The summed E-state index contributed by atoms with van der Waals surface area (Å²) in [5.74, 6) is -0.409. The topological polar surface area (TPSA) is 246 Å². The van der Waals surface area contributed by atoms with E-state index in [1.54, 1.807) is 41.6 Å². The van der Waals surface area contributed by atoms with Crippen molar-refractivity contribution in [2.75, 3.05) is 145 Å². The van der Waals surface area contributed by atoms with Crippen molar-refractivity contribution < 1.29 is 75.7 Å². The number of halogens is 2. The van der Waals surface area contributed by atoms with E-state index in [2.05, 4.69) is 38.1 Å². The lowest BCUT2D eigenvalue weighted by molar-refractivity contribution is -0.122. The van der Waals surface area contributed by atoms with Crippen LogP contribution in [0.4, 0.5) is 4.39 Å². The van der Waals surface area contributed by atoms with E-state index in [9.17, 15) is 23.6 Å². The Labute approximate surface area is 488 Å². The summed E-state index contributed by atoms with van der Waals surface area (Å²) in [5, 5.41) is 14.0. The van der Waals surface area contributed by atoms with E-state index < -0.39 is 11.8 Å². The van der Waals surface area contributed by atoms with Crippen molar-refractivity contribution in [1.29, 1.82) is 0 Å². The monoisotopic (exact) mass is 1180 g/mol. The Morgan fingerprint density at radius 3 is 2.01 bits per heavy atom. The van der Waals surface area contributed by atoms with Gasteiger partial charge in [0.2, 0.25) is 5.91 Å². The molecule has 0 spiro atoms. The van der Waals surface area contributed by atoms with Gasteiger partial charge < -0.3 is 67.6 Å². The number of ether oxygens (including phenoxy) is 11. The van der Waals surface area contributed by atoms with Gasteiger partial charge in [-0.1, -0.05) is 29.5 Å². The summed E-state index contributed by atoms with van der Waals surface area (Å²) in [6.45, 7) is 9.86. The number of esters is 1. The predicted molar refractivity (Wildman–Crippen MR) is 301 cm³/mol. The summed E-state index contributed by atoms with van der Waals surface area (Å²) in [4.78, 5) is 56.7. The molecule has 0 saturated heterocycles. The fourth-order valence-corrected chi connectivity index (χ4v) is 8.45. The van der Waals surface area contributed by atoms with Gasteiger partial charge in [0.15, 0.2) is 5.69 Å². The van der Waals surface area contributed by atoms with Gasteiger partial charge in [-0.15, -0.1) is 16.7 Å². The number of fused-ring (bicyclic) bond motifs is 3. The third kappa shape index (κ3) is 23.6. The van der Waals surface area contributed by atoms with Gasteiger partial charge in [-0.3, -0.25) is 19.0 Å². The number of nitrogens with zero attached hydrogens (tertiary/aromatic N) is 6. The van der Waals surface area contributed by atoms with E-state index in [-0.39, 0.29) is 74.9 Å². The molecular formula is C58H78ClFN8O15. The maximum absolute atomic E-state index is 14.2. The molecule has 0 radical (unpaired) electrons. The average molecular weight is 1180 g/mol. The first-order chi connectivity index (χ1) is 40.7. The molecule has 23 nitrogen and oxygen atoms in total. The van der Waals surface area contributed by atoms with Crippen molar-refractivity contribution in [1.82, 2.24) is 40.1 Å². The molecule has 454 valence electrons. The first-order valence-corrected chi connectivity index (χ1v) is 28.5. The van der Waals surface area contributed by atoms with E-state index in [4.69, 9.17) is 63.7 Å². The van der Waals surface area contributed by atoms with E-state index in [1.807, 2.05) is 18.2 Å². The quantitative estimate of drug-likeness (QED) is 0.0298. The van der Waals surface area contributed by atoms with Crippen LogP contribution in [-0.4, -0.2) is 198 Å². The maximum atomic E-state index is 14.2. The van der Waals surface area contributed by atoms with E-state index >= 15 is 0 Å². The summed E-state index contributed by atoms with van der Waals surface area (Å²) in [7, 11) is 1.66. The number of benzene rings is 3. The summed E-state index contributed by atoms with van der Waals surface area (Å²) in [6, 6.07) is 17.2. The van der Waals surface area contributed by atoms with Crippen LogP contribution in [0.5, 0.6) is 5.75 Å². The fraction of sp³-hybridized carbons (Fsp3) is 0.534. The van der Waals surface area contributed by atoms with Crippen molar-refractivity contribution in [3.63, 3.8) is 0 Å². The van der Waals surface area contributed by atoms with Gasteiger partial charge >= 0.3 is 5.97 Å². The fourth-order valence-electron chi connectivity index (χ4n) is 8.31. The van der Waals surface area contributed by atoms with Gasteiger partial charge in [0.1, 0.15) is 23.6 Å². The van der Waals surface area contributed by atoms with Crippen LogP contribution in [0.3, 0.4) is 0 Å². The largest absolute Gasteiger partial charge is 0.496 e. The van der Waals surface area contributed by atoms with Crippen LogP contribution in [0, 0.1) is 5.82 Å². The van der Waals surface area contributed by atoms with Gasteiger partial charge in [-0.05, 0) is 79.3 Å². The molecule has 83 heavy (non-hydrogen) atoms. The zero-order valence-electron chi connectivity index (χ0n) is 47.5. The molecular weight excluding hydrogens is 1100 g/mol. The number of nitrogens with one attached hydrogen (secondary N) is 2. The Morgan fingerprint density at radius 2 is 1.34 bits per heavy atom. The molecule has 0 fully saturated rings. The predicted octanol–water partition coefficient (Wildman–Crippen LogP) is 4.94. The first-order valence-electron chi connectivity index (χ1n) is 27.9. The normalized spacial score (nSPS) is 12.0. The van der Waals surface area contributed by atoms with Crippen LogP contribution in [-0.2, 0) is 91.2 Å². The Bertz CT molecular complexity index is 2720. The molecule has 25 heteroatoms. The Morgan fingerprint density at radius 1 is 0.699 bits per heavy atom. The number of imidazole rings is 1. The van der Waals surface area contributed by atoms with Gasteiger partial charge in [0.25, 0.3) is 11.8 Å². The van der Waals surface area contributed by atoms with Crippen LogP contribution in [0.1, 0.15) is 79.0 Å². The number of carbonyl (C=O) groups is 4.